The van der Waals surface area contributed by atoms with Crippen LogP contribution in [0.15, 0.2) is 22.7 Å². The van der Waals surface area contributed by atoms with Gasteiger partial charge in [0, 0.05) is 0 Å². The lowest BCUT2D eigenvalue weighted by Gasteiger charge is -2.10. The summed E-state index contributed by atoms with van der Waals surface area (Å²) < 4.78 is 0.612. The molecule has 1 aromatic carbocycles. The number of carboxylic acid groups (broad SMARTS) is 1. The van der Waals surface area contributed by atoms with Gasteiger partial charge >= 0.3 is 5.97 Å². The fourth-order valence-electron chi connectivity index (χ4n) is 1.67. The van der Waals surface area contributed by atoms with Gasteiger partial charge in [-0.3, -0.25) is 4.79 Å². The second kappa shape index (κ2) is 3.52. The van der Waals surface area contributed by atoms with Gasteiger partial charge in [0.2, 0.25) is 0 Å². The highest BCUT2D eigenvalue weighted by Crippen LogP contribution is 2.48. The third-order valence-corrected chi connectivity index (χ3v) is 3.50. The first-order valence-electron chi connectivity index (χ1n) is 4.74. The molecule has 0 radical (unpaired) electrons. The molecule has 0 spiro atoms. The van der Waals surface area contributed by atoms with Gasteiger partial charge in [-0.25, -0.2) is 0 Å². The number of halogens is 1. The first kappa shape index (κ1) is 10.5. The Kier molecular flexibility index (Phi) is 2.46. The fourth-order valence-corrected chi connectivity index (χ4v) is 2.09. The SMILES string of the molecule is O=C(O)C1(Cc2ccc(O)c(Br)c2)CC1. The predicted octanol–water partition coefficient (Wildman–Crippen LogP) is 2.56. The van der Waals surface area contributed by atoms with E-state index in [0.717, 1.165) is 18.4 Å². The number of hydrogen-bond acceptors (Lipinski definition) is 2. The summed E-state index contributed by atoms with van der Waals surface area (Å²) in [5.74, 6) is -0.536. The van der Waals surface area contributed by atoms with Crippen LogP contribution in [-0.2, 0) is 11.2 Å². The molecule has 3 nitrogen and oxygen atoms in total. The van der Waals surface area contributed by atoms with Crippen LogP contribution >= 0.6 is 15.9 Å². The minimum Gasteiger partial charge on any atom is -0.507 e. The largest absolute Gasteiger partial charge is 0.507 e. The first-order chi connectivity index (χ1) is 7.03. The summed E-state index contributed by atoms with van der Waals surface area (Å²) in [6.45, 7) is 0. The molecule has 4 heteroatoms. The normalized spacial score (nSPS) is 17.4. The number of aliphatic carboxylic acids is 1. The van der Waals surface area contributed by atoms with Crippen molar-refractivity contribution in [2.45, 2.75) is 19.3 Å². The maximum absolute atomic E-state index is 11.0. The third-order valence-electron chi connectivity index (χ3n) is 2.86. The van der Waals surface area contributed by atoms with E-state index < -0.39 is 11.4 Å². The minimum atomic E-state index is -0.716. The van der Waals surface area contributed by atoms with Crippen molar-refractivity contribution in [1.29, 1.82) is 0 Å². The number of hydrogen-bond donors (Lipinski definition) is 2. The Morgan fingerprint density at radius 3 is 2.60 bits per heavy atom. The zero-order valence-electron chi connectivity index (χ0n) is 8.03. The number of rotatable bonds is 3. The monoisotopic (exact) mass is 270 g/mol. The van der Waals surface area contributed by atoms with Crippen molar-refractivity contribution in [2.75, 3.05) is 0 Å². The summed E-state index contributed by atoms with van der Waals surface area (Å²) in [7, 11) is 0. The lowest BCUT2D eigenvalue weighted by atomic mass is 9.97. The number of phenolic OH excluding ortho intramolecular Hbond substituents is 1. The molecule has 2 rings (SSSR count). The molecule has 1 aliphatic rings. The second-order valence-corrected chi connectivity index (χ2v) is 4.90. The van der Waals surface area contributed by atoms with E-state index in [2.05, 4.69) is 15.9 Å². The van der Waals surface area contributed by atoms with E-state index in [1.165, 1.54) is 0 Å². The van der Waals surface area contributed by atoms with E-state index in [9.17, 15) is 9.90 Å². The molecule has 0 saturated heterocycles. The molecule has 15 heavy (non-hydrogen) atoms. The molecule has 0 unspecified atom stereocenters. The highest BCUT2D eigenvalue weighted by Gasteiger charge is 2.49. The van der Waals surface area contributed by atoms with Crippen LogP contribution in [0.3, 0.4) is 0 Å². The van der Waals surface area contributed by atoms with E-state index >= 15 is 0 Å². The van der Waals surface area contributed by atoms with Crippen LogP contribution in [0.1, 0.15) is 18.4 Å². The molecule has 1 aromatic rings. The zero-order chi connectivity index (χ0) is 11.1. The Hall–Kier alpha value is -1.03. The molecule has 0 aromatic heterocycles. The lowest BCUT2D eigenvalue weighted by molar-refractivity contribution is -0.143. The van der Waals surface area contributed by atoms with Gasteiger partial charge in [-0.05, 0) is 52.9 Å². The smallest absolute Gasteiger partial charge is 0.309 e. The van der Waals surface area contributed by atoms with Crippen LogP contribution in [0.4, 0.5) is 0 Å². The quantitative estimate of drug-likeness (QED) is 0.888. The Morgan fingerprint density at radius 2 is 2.13 bits per heavy atom. The number of carbonyl (C=O) groups is 1. The number of phenols is 1. The average molecular weight is 271 g/mol. The van der Waals surface area contributed by atoms with Gasteiger partial charge in [0.1, 0.15) is 5.75 Å². The molecular formula is C11H11BrO3. The summed E-state index contributed by atoms with van der Waals surface area (Å²) in [6.07, 6.45) is 2.04. The van der Waals surface area contributed by atoms with Gasteiger partial charge in [-0.15, -0.1) is 0 Å². The average Bonchev–Trinajstić information content (AvgIpc) is 2.93. The van der Waals surface area contributed by atoms with E-state index in [1.54, 1.807) is 18.2 Å². The molecule has 1 saturated carbocycles. The fraction of sp³-hybridized carbons (Fsp3) is 0.364. The zero-order valence-corrected chi connectivity index (χ0v) is 9.62. The van der Waals surface area contributed by atoms with E-state index in [0.29, 0.717) is 10.9 Å². The summed E-state index contributed by atoms with van der Waals surface area (Å²) >= 11 is 3.21. The highest BCUT2D eigenvalue weighted by molar-refractivity contribution is 9.10. The summed E-state index contributed by atoms with van der Waals surface area (Å²) in [5.41, 5.74) is 0.399. The van der Waals surface area contributed by atoms with Crippen LogP contribution in [0.2, 0.25) is 0 Å². The maximum Gasteiger partial charge on any atom is 0.309 e. The Bertz CT molecular complexity index is 410. The molecule has 1 aliphatic carbocycles. The van der Waals surface area contributed by atoms with Crippen molar-refractivity contribution < 1.29 is 15.0 Å². The van der Waals surface area contributed by atoms with Crippen LogP contribution in [0.5, 0.6) is 5.75 Å². The van der Waals surface area contributed by atoms with Crippen molar-refractivity contribution >= 4 is 21.9 Å². The Morgan fingerprint density at radius 1 is 1.47 bits per heavy atom. The van der Waals surface area contributed by atoms with Crippen LogP contribution in [-0.4, -0.2) is 16.2 Å². The standard InChI is InChI=1S/C11H11BrO3/c12-8-5-7(1-2-9(8)13)6-11(3-4-11)10(14)15/h1-2,5,13H,3-4,6H2,(H,14,15). The maximum atomic E-state index is 11.0. The van der Waals surface area contributed by atoms with Crippen molar-refractivity contribution in [3.05, 3.63) is 28.2 Å². The molecule has 1 fully saturated rings. The van der Waals surface area contributed by atoms with Crippen molar-refractivity contribution in [3.63, 3.8) is 0 Å². The van der Waals surface area contributed by atoms with Crippen LogP contribution < -0.4 is 0 Å². The second-order valence-electron chi connectivity index (χ2n) is 4.05. The molecular weight excluding hydrogens is 260 g/mol. The number of benzene rings is 1. The van der Waals surface area contributed by atoms with Crippen molar-refractivity contribution in [3.8, 4) is 5.75 Å². The van der Waals surface area contributed by atoms with Gasteiger partial charge in [0.05, 0.1) is 9.89 Å². The van der Waals surface area contributed by atoms with Gasteiger partial charge < -0.3 is 10.2 Å². The topological polar surface area (TPSA) is 57.5 Å². The number of aromatic hydroxyl groups is 1. The third kappa shape index (κ3) is 2.00. The van der Waals surface area contributed by atoms with Gasteiger partial charge in [0.25, 0.3) is 0 Å². The van der Waals surface area contributed by atoms with Gasteiger partial charge in [-0.1, -0.05) is 6.07 Å². The molecule has 0 aliphatic heterocycles. The Balaban J connectivity index is 2.18. The molecule has 0 heterocycles. The van der Waals surface area contributed by atoms with E-state index in [4.69, 9.17) is 5.11 Å². The van der Waals surface area contributed by atoms with Crippen LogP contribution in [0.25, 0.3) is 0 Å². The summed E-state index contributed by atoms with van der Waals surface area (Å²) in [5, 5.41) is 18.3. The van der Waals surface area contributed by atoms with Crippen molar-refractivity contribution in [1.82, 2.24) is 0 Å². The van der Waals surface area contributed by atoms with Crippen LogP contribution in [0, 0.1) is 5.41 Å². The van der Waals surface area contributed by atoms with Gasteiger partial charge in [-0.2, -0.15) is 0 Å². The Labute approximate surface area is 95.9 Å². The van der Waals surface area contributed by atoms with Crippen molar-refractivity contribution in [2.24, 2.45) is 5.41 Å². The molecule has 0 bridgehead atoms. The van der Waals surface area contributed by atoms with Gasteiger partial charge in [0.15, 0.2) is 0 Å². The predicted molar refractivity (Wildman–Crippen MR) is 58.8 cm³/mol. The lowest BCUT2D eigenvalue weighted by Crippen LogP contribution is -2.17. The summed E-state index contributed by atoms with van der Waals surface area (Å²) in [6, 6.07) is 5.12. The number of carboxylic acids is 1. The molecule has 0 atom stereocenters. The van der Waals surface area contributed by atoms with E-state index in [-0.39, 0.29) is 5.75 Å². The molecule has 80 valence electrons. The first-order valence-corrected chi connectivity index (χ1v) is 5.54. The minimum absolute atomic E-state index is 0.180. The molecule has 2 N–H and O–H groups in total. The van der Waals surface area contributed by atoms with E-state index in [1.807, 2.05) is 0 Å². The molecule has 0 amide bonds. The highest BCUT2D eigenvalue weighted by atomic mass is 79.9. The summed E-state index contributed by atoms with van der Waals surface area (Å²) in [4.78, 5) is 11.0.